The molecule has 1 aromatic heterocycles. The fourth-order valence-corrected chi connectivity index (χ4v) is 5.73. The van der Waals surface area contributed by atoms with Crippen LogP contribution in [0.2, 0.25) is 0 Å². The monoisotopic (exact) mass is 561 g/mol. The molecule has 2 amide bonds. The van der Waals surface area contributed by atoms with Crippen molar-refractivity contribution < 1.29 is 13.9 Å². The molecule has 0 unspecified atom stereocenters. The summed E-state index contributed by atoms with van der Waals surface area (Å²) >= 11 is 0. The number of aromatic nitrogens is 2. The molecule has 3 heterocycles. The number of hydrogen-bond donors (Lipinski definition) is 1. The van der Waals surface area contributed by atoms with Gasteiger partial charge < -0.3 is 19.9 Å². The van der Waals surface area contributed by atoms with Crippen molar-refractivity contribution in [2.75, 3.05) is 26.7 Å². The highest BCUT2D eigenvalue weighted by Crippen LogP contribution is 2.20. The van der Waals surface area contributed by atoms with Crippen molar-refractivity contribution in [2.24, 2.45) is 0 Å². The van der Waals surface area contributed by atoms with Gasteiger partial charge in [0.2, 0.25) is 0 Å². The van der Waals surface area contributed by atoms with E-state index in [4.69, 9.17) is 4.74 Å². The highest BCUT2D eigenvalue weighted by Gasteiger charge is 2.27. The molecule has 9 heteroatoms. The van der Waals surface area contributed by atoms with Crippen molar-refractivity contribution in [3.05, 3.63) is 92.9 Å². The lowest BCUT2D eigenvalue weighted by Crippen LogP contribution is -2.49. The second-order valence-electron chi connectivity index (χ2n) is 11.2. The molecule has 2 aromatic carbocycles. The number of halogens is 1. The molecule has 0 bridgehead atoms. The summed E-state index contributed by atoms with van der Waals surface area (Å²) in [7, 11) is 2.10. The van der Waals surface area contributed by atoms with E-state index in [1.165, 1.54) is 12.1 Å². The zero-order valence-corrected chi connectivity index (χ0v) is 24.1. The summed E-state index contributed by atoms with van der Waals surface area (Å²) < 4.78 is 21.2. The van der Waals surface area contributed by atoms with E-state index in [9.17, 15) is 14.0 Å². The topological polar surface area (TPSA) is 79.7 Å². The van der Waals surface area contributed by atoms with Gasteiger partial charge in [0.1, 0.15) is 17.4 Å². The molecule has 0 spiro atoms. The Morgan fingerprint density at radius 1 is 1.05 bits per heavy atom. The molecule has 5 rings (SSSR count). The van der Waals surface area contributed by atoms with Crippen LogP contribution in [0.1, 0.15) is 53.9 Å². The molecule has 0 radical (unpaired) electrons. The maximum absolute atomic E-state index is 13.4. The number of likely N-dealkylation sites (tertiary alicyclic amines) is 1. The molecule has 1 saturated heterocycles. The first-order valence-electron chi connectivity index (χ1n) is 14.7. The van der Waals surface area contributed by atoms with E-state index in [1.54, 1.807) is 12.1 Å². The number of piperidine rings is 1. The maximum Gasteiger partial charge on any atom is 0.318 e. The average molecular weight is 562 g/mol. The van der Waals surface area contributed by atoms with Crippen molar-refractivity contribution >= 4 is 6.03 Å². The molecular formula is C32H40FN5O3. The normalized spacial score (nSPS) is 15.8. The third-order valence-corrected chi connectivity index (χ3v) is 8.22. The van der Waals surface area contributed by atoms with Gasteiger partial charge in [-0.3, -0.25) is 9.36 Å². The van der Waals surface area contributed by atoms with E-state index >= 15 is 0 Å². The van der Waals surface area contributed by atoms with Crippen LogP contribution in [0.3, 0.4) is 0 Å². The lowest BCUT2D eigenvalue weighted by atomic mass is 10.0. The predicted octanol–water partition coefficient (Wildman–Crippen LogP) is 4.45. The molecule has 1 fully saturated rings. The lowest BCUT2D eigenvalue weighted by molar-refractivity contribution is 0.127. The van der Waals surface area contributed by atoms with E-state index in [0.717, 1.165) is 79.9 Å². The number of ether oxygens (including phenoxy) is 1. The SMILES string of the molecule is Cc1nc2n(c(=O)c1CCOc1ccc(CNC(=O)N(Cc3ccc(F)cc3)C3CCN(C)CC3)cc1)CCCC2. The molecule has 0 saturated carbocycles. The van der Waals surface area contributed by atoms with Crippen molar-refractivity contribution in [1.29, 1.82) is 0 Å². The first kappa shape index (κ1) is 28.8. The van der Waals surface area contributed by atoms with Crippen LogP contribution in [-0.4, -0.2) is 58.2 Å². The number of fused-ring (bicyclic) bond motifs is 1. The standard InChI is InChI=1S/C32H40FN5O3/c1-23-29(31(39)37-17-4-3-5-30(37)35-23)16-20-41-28-12-8-24(9-13-28)21-34-32(40)38(27-14-18-36(2)19-15-27)22-25-6-10-26(33)11-7-25/h6-13,27H,3-5,14-22H2,1-2H3,(H,34,40). The van der Waals surface area contributed by atoms with Crippen LogP contribution in [0.4, 0.5) is 9.18 Å². The van der Waals surface area contributed by atoms with Crippen LogP contribution in [-0.2, 0) is 32.5 Å². The Kier molecular flexibility index (Phi) is 9.34. The Balaban J connectivity index is 1.15. The van der Waals surface area contributed by atoms with Crippen LogP contribution in [0.15, 0.2) is 53.3 Å². The first-order valence-corrected chi connectivity index (χ1v) is 14.7. The summed E-state index contributed by atoms with van der Waals surface area (Å²) in [6.07, 6.45) is 5.29. The van der Waals surface area contributed by atoms with Gasteiger partial charge in [-0.25, -0.2) is 14.2 Å². The minimum absolute atomic E-state index is 0.0654. The van der Waals surface area contributed by atoms with Crippen LogP contribution in [0.5, 0.6) is 5.75 Å². The van der Waals surface area contributed by atoms with Crippen molar-refractivity contribution in [3.63, 3.8) is 0 Å². The van der Waals surface area contributed by atoms with Gasteiger partial charge in [0.05, 0.1) is 6.61 Å². The number of nitrogens with zero attached hydrogens (tertiary/aromatic N) is 4. The Labute approximate surface area is 241 Å². The number of urea groups is 1. The third-order valence-electron chi connectivity index (χ3n) is 8.22. The second kappa shape index (κ2) is 13.3. The number of hydrogen-bond acceptors (Lipinski definition) is 5. The molecule has 2 aliphatic heterocycles. The Hall–Kier alpha value is -3.72. The lowest BCUT2D eigenvalue weighted by Gasteiger charge is -2.37. The number of carbonyl (C=O) groups is 1. The van der Waals surface area contributed by atoms with E-state index in [0.29, 0.717) is 31.9 Å². The van der Waals surface area contributed by atoms with Gasteiger partial charge in [0.25, 0.3) is 5.56 Å². The van der Waals surface area contributed by atoms with Gasteiger partial charge in [0.15, 0.2) is 0 Å². The fraction of sp³-hybridized carbons (Fsp3) is 0.469. The number of aryl methyl sites for hydroxylation is 2. The van der Waals surface area contributed by atoms with E-state index in [2.05, 4.69) is 22.2 Å². The fourth-order valence-electron chi connectivity index (χ4n) is 5.73. The minimum Gasteiger partial charge on any atom is -0.493 e. The highest BCUT2D eigenvalue weighted by molar-refractivity contribution is 5.74. The largest absolute Gasteiger partial charge is 0.493 e. The molecule has 0 atom stereocenters. The van der Waals surface area contributed by atoms with Crippen LogP contribution < -0.4 is 15.6 Å². The average Bonchev–Trinajstić information content (AvgIpc) is 2.98. The number of nitrogens with one attached hydrogen (secondary N) is 1. The summed E-state index contributed by atoms with van der Waals surface area (Å²) in [5.74, 6) is 1.33. The van der Waals surface area contributed by atoms with Gasteiger partial charge in [-0.15, -0.1) is 0 Å². The third kappa shape index (κ3) is 7.33. The van der Waals surface area contributed by atoms with Crippen LogP contribution in [0.25, 0.3) is 0 Å². The minimum atomic E-state index is -0.281. The van der Waals surface area contributed by atoms with Crippen LogP contribution >= 0.6 is 0 Å². The highest BCUT2D eigenvalue weighted by atomic mass is 19.1. The molecule has 2 aliphatic rings. The summed E-state index contributed by atoms with van der Waals surface area (Å²) in [6, 6.07) is 14.0. The van der Waals surface area contributed by atoms with Crippen molar-refractivity contribution in [1.82, 2.24) is 24.7 Å². The second-order valence-corrected chi connectivity index (χ2v) is 11.2. The Bertz CT molecular complexity index is 1380. The van der Waals surface area contributed by atoms with Crippen molar-refractivity contribution in [2.45, 2.75) is 71.1 Å². The molecule has 1 N–H and O–H groups in total. The molecule has 218 valence electrons. The molecular weight excluding hydrogens is 521 g/mol. The van der Waals surface area contributed by atoms with E-state index < -0.39 is 0 Å². The summed E-state index contributed by atoms with van der Waals surface area (Å²) in [4.78, 5) is 35.1. The smallest absolute Gasteiger partial charge is 0.318 e. The van der Waals surface area contributed by atoms with Gasteiger partial charge in [-0.1, -0.05) is 24.3 Å². The summed E-state index contributed by atoms with van der Waals surface area (Å²) in [5.41, 5.74) is 3.46. The van der Waals surface area contributed by atoms with Gasteiger partial charge in [0, 0.05) is 49.8 Å². The quantitative estimate of drug-likeness (QED) is 0.418. The van der Waals surface area contributed by atoms with Gasteiger partial charge in [-0.05, 0) is 88.1 Å². The Morgan fingerprint density at radius 2 is 1.76 bits per heavy atom. The maximum atomic E-state index is 13.4. The van der Waals surface area contributed by atoms with Gasteiger partial charge >= 0.3 is 6.03 Å². The zero-order chi connectivity index (χ0) is 28.8. The molecule has 0 aliphatic carbocycles. The molecule has 8 nitrogen and oxygen atoms in total. The summed E-state index contributed by atoms with van der Waals surface area (Å²) in [5, 5.41) is 3.08. The Morgan fingerprint density at radius 3 is 2.49 bits per heavy atom. The molecule has 3 aromatic rings. The summed E-state index contributed by atoms with van der Waals surface area (Å²) in [6.45, 7) is 5.76. The molecule has 41 heavy (non-hydrogen) atoms. The number of rotatable bonds is 9. The van der Waals surface area contributed by atoms with E-state index in [1.807, 2.05) is 40.7 Å². The first-order chi connectivity index (χ1) is 19.9. The number of benzene rings is 2. The van der Waals surface area contributed by atoms with E-state index in [-0.39, 0.29) is 23.4 Å². The zero-order valence-electron chi connectivity index (χ0n) is 24.1. The number of amides is 2. The number of carbonyl (C=O) groups excluding carboxylic acids is 1. The van der Waals surface area contributed by atoms with Crippen LogP contribution in [0, 0.1) is 12.7 Å². The van der Waals surface area contributed by atoms with Gasteiger partial charge in [-0.2, -0.15) is 0 Å². The predicted molar refractivity (Wildman–Crippen MR) is 157 cm³/mol. The van der Waals surface area contributed by atoms with Crippen molar-refractivity contribution in [3.8, 4) is 5.75 Å².